The van der Waals surface area contributed by atoms with Crippen molar-refractivity contribution in [2.75, 3.05) is 0 Å². The van der Waals surface area contributed by atoms with Gasteiger partial charge in [-0.25, -0.2) is 4.39 Å². The molecule has 2 heterocycles. The molecule has 0 aliphatic heterocycles. The van der Waals surface area contributed by atoms with Gasteiger partial charge in [0.1, 0.15) is 0 Å². The number of pyridine rings is 2. The summed E-state index contributed by atoms with van der Waals surface area (Å²) in [5, 5.41) is 0. The van der Waals surface area contributed by atoms with Gasteiger partial charge in [0.05, 0.1) is 11.6 Å². The van der Waals surface area contributed by atoms with E-state index in [9.17, 15) is 8.78 Å². The first kappa shape index (κ1) is 25.1. The molecule has 0 amide bonds. The number of rotatable bonds is 3. The van der Waals surface area contributed by atoms with E-state index in [0.717, 1.165) is 29.0 Å². The van der Waals surface area contributed by atoms with E-state index in [2.05, 4.69) is 40.3 Å². The summed E-state index contributed by atoms with van der Waals surface area (Å²) in [4.78, 5) is 8.50. The molecule has 2 nitrogen and oxygen atoms in total. The fraction of sp³-hybridized carbons (Fsp3) is 0.0345. The van der Waals surface area contributed by atoms with Gasteiger partial charge in [-0.1, -0.05) is 48.5 Å². The van der Waals surface area contributed by atoms with Crippen LogP contribution in [0.4, 0.5) is 8.78 Å². The summed E-state index contributed by atoms with van der Waals surface area (Å²) in [6.45, 7) is 1.91. The third kappa shape index (κ3) is 6.50. The van der Waals surface area contributed by atoms with Gasteiger partial charge in [0.15, 0.2) is 0 Å². The van der Waals surface area contributed by atoms with Crippen molar-refractivity contribution in [3.63, 3.8) is 0 Å². The van der Waals surface area contributed by atoms with Gasteiger partial charge in [-0.15, -0.1) is 59.7 Å². The van der Waals surface area contributed by atoms with Crippen LogP contribution in [0.15, 0.2) is 103 Å². The molecule has 171 valence electrons. The summed E-state index contributed by atoms with van der Waals surface area (Å²) in [7, 11) is 0. The molecule has 0 saturated carbocycles. The maximum absolute atomic E-state index is 12.9. The van der Waals surface area contributed by atoms with E-state index >= 15 is 0 Å². The summed E-state index contributed by atoms with van der Waals surface area (Å²) in [6.07, 6.45) is 3.52. The first-order valence-corrected chi connectivity index (χ1v) is 10.4. The van der Waals surface area contributed by atoms with E-state index in [-0.39, 0.29) is 20.1 Å². The Hall–Kier alpha value is -3.53. The van der Waals surface area contributed by atoms with Gasteiger partial charge >= 0.3 is 0 Å². The predicted octanol–water partition coefficient (Wildman–Crippen LogP) is 7.35. The summed E-state index contributed by atoms with van der Waals surface area (Å²) in [5.41, 5.74) is 6.41. The molecule has 0 aliphatic carbocycles. The van der Waals surface area contributed by atoms with Crippen molar-refractivity contribution in [2.45, 2.75) is 6.92 Å². The van der Waals surface area contributed by atoms with Gasteiger partial charge in [0.25, 0.3) is 0 Å². The topological polar surface area (TPSA) is 25.8 Å². The van der Waals surface area contributed by atoms with E-state index in [0.29, 0.717) is 11.3 Å². The molecule has 0 bridgehead atoms. The van der Waals surface area contributed by atoms with E-state index < -0.39 is 11.6 Å². The number of aryl methyl sites for hydroxylation is 1. The van der Waals surface area contributed by atoms with Crippen molar-refractivity contribution in [1.29, 1.82) is 0 Å². The second kappa shape index (κ2) is 12.1. The van der Waals surface area contributed by atoms with Crippen LogP contribution >= 0.6 is 0 Å². The molecule has 0 fully saturated rings. The van der Waals surface area contributed by atoms with Gasteiger partial charge in [-0.3, -0.25) is 4.39 Å². The van der Waals surface area contributed by atoms with Crippen molar-refractivity contribution >= 4 is 0 Å². The molecule has 5 aromatic rings. The number of hydrogen-bond donors (Lipinski definition) is 0. The second-order valence-electron chi connectivity index (χ2n) is 7.34. The molecular weight excluding hydrogens is 607 g/mol. The van der Waals surface area contributed by atoms with E-state index in [1.54, 1.807) is 12.3 Å². The maximum atomic E-state index is 12.9. The molecule has 0 N–H and O–H groups in total. The van der Waals surface area contributed by atoms with Gasteiger partial charge in [-0.05, 0) is 41.1 Å². The normalized spacial score (nSPS) is 9.97. The monoisotopic (exact) mass is 627 g/mol. The van der Waals surface area contributed by atoms with Crippen molar-refractivity contribution in [2.24, 2.45) is 0 Å². The molecule has 0 spiro atoms. The minimum atomic E-state index is -0.897. The first-order valence-electron chi connectivity index (χ1n) is 10.4. The fourth-order valence-corrected chi connectivity index (χ4v) is 3.16. The van der Waals surface area contributed by atoms with E-state index in [1.165, 1.54) is 11.1 Å². The Morgan fingerprint density at radius 3 is 2.15 bits per heavy atom. The van der Waals surface area contributed by atoms with Crippen LogP contribution in [-0.4, -0.2) is 9.97 Å². The van der Waals surface area contributed by atoms with Gasteiger partial charge in [0.2, 0.25) is 0 Å². The molecule has 0 atom stereocenters. The molecule has 34 heavy (non-hydrogen) atoms. The van der Waals surface area contributed by atoms with E-state index in [4.69, 9.17) is 0 Å². The molecule has 0 saturated heterocycles. The average Bonchev–Trinajstić information content (AvgIpc) is 2.88. The Morgan fingerprint density at radius 1 is 0.676 bits per heavy atom. The largest absolute Gasteiger partial charge is 0.305 e. The summed E-state index contributed by atoms with van der Waals surface area (Å²) in [5.74, 6) is -1.78. The van der Waals surface area contributed by atoms with Gasteiger partial charge in [-0.2, -0.15) is 0 Å². The van der Waals surface area contributed by atoms with Crippen LogP contribution in [-0.2, 0) is 20.1 Å². The van der Waals surface area contributed by atoms with Gasteiger partial charge < -0.3 is 9.97 Å². The van der Waals surface area contributed by atoms with Crippen LogP contribution in [0.5, 0.6) is 0 Å². The Morgan fingerprint density at radius 2 is 1.47 bits per heavy atom. The molecule has 0 aliphatic rings. The number of hydrogen-bond acceptors (Lipinski definition) is 2. The van der Waals surface area contributed by atoms with Crippen LogP contribution in [0.1, 0.15) is 5.56 Å². The van der Waals surface area contributed by atoms with Crippen LogP contribution in [0.25, 0.3) is 33.6 Å². The van der Waals surface area contributed by atoms with Crippen molar-refractivity contribution in [1.82, 2.24) is 9.97 Å². The minimum absolute atomic E-state index is 0. The quantitative estimate of drug-likeness (QED) is 0.196. The van der Waals surface area contributed by atoms with Crippen LogP contribution in [0.2, 0.25) is 0 Å². The number of nitrogens with zero attached hydrogens (tertiary/aromatic N) is 2. The number of halogens is 2. The third-order valence-corrected chi connectivity index (χ3v) is 4.89. The summed E-state index contributed by atoms with van der Waals surface area (Å²) >= 11 is 0. The molecule has 5 rings (SSSR count). The maximum Gasteiger partial charge on any atom is 0.0765 e. The van der Waals surface area contributed by atoms with E-state index in [1.807, 2.05) is 67.7 Å². The first-order chi connectivity index (χ1) is 16.1. The fourth-order valence-electron chi connectivity index (χ4n) is 3.16. The zero-order chi connectivity index (χ0) is 23.0. The van der Waals surface area contributed by atoms with Crippen LogP contribution in [0, 0.1) is 30.7 Å². The van der Waals surface area contributed by atoms with Crippen LogP contribution in [0.3, 0.4) is 0 Å². The molecule has 1 radical (unpaired) electrons. The third-order valence-electron chi connectivity index (χ3n) is 4.89. The minimum Gasteiger partial charge on any atom is -0.305 e. The number of aromatic nitrogens is 2. The smallest absolute Gasteiger partial charge is 0.0765 e. The molecule has 5 heteroatoms. The zero-order valence-corrected chi connectivity index (χ0v) is 20.7. The zero-order valence-electron chi connectivity index (χ0n) is 18.3. The summed E-state index contributed by atoms with van der Waals surface area (Å²) < 4.78 is 25.6. The molecule has 0 unspecified atom stereocenters. The standard InChI is InChI=1S/C17H12N.C12H8F2N.Ir/c1-3-7-14(8-4-1)16-11-12-18-17(13-16)15-9-5-2-6-10-15;1-8-2-5-12(15-7-8)9-3-4-10(13)11(14)6-9;/h1-9,11-13H;2,4-7H,1H3;/q2*-1;. The Kier molecular flexibility index (Phi) is 8.92. The molecule has 2 aromatic heterocycles. The van der Waals surface area contributed by atoms with Gasteiger partial charge in [0, 0.05) is 32.5 Å². The van der Waals surface area contributed by atoms with Crippen molar-refractivity contribution < 1.29 is 28.9 Å². The molecular formula is C29H20F2IrN2-2. The Labute approximate surface area is 211 Å². The summed E-state index contributed by atoms with van der Waals surface area (Å²) in [6, 6.07) is 33.9. The van der Waals surface area contributed by atoms with Crippen molar-refractivity contribution in [3.05, 3.63) is 133 Å². The Bertz CT molecular complexity index is 1270. The molecule has 3 aromatic carbocycles. The second-order valence-corrected chi connectivity index (χ2v) is 7.34. The average molecular weight is 627 g/mol. The van der Waals surface area contributed by atoms with Crippen molar-refractivity contribution in [3.8, 4) is 33.6 Å². The predicted molar refractivity (Wildman–Crippen MR) is 127 cm³/mol. The SMILES string of the molecule is Cc1ccc(-c2[c-]cc(F)c(F)c2)nc1.[Ir].[c-]1ccccc1-c1cc(-c2ccccc2)ccn1. The van der Waals surface area contributed by atoms with Crippen LogP contribution < -0.4 is 0 Å². The number of benzene rings is 3. The Balaban J connectivity index is 0.000000188.